The van der Waals surface area contributed by atoms with Crippen molar-refractivity contribution in [2.24, 2.45) is 0 Å². The van der Waals surface area contributed by atoms with Gasteiger partial charge in [0.15, 0.2) is 0 Å². The minimum atomic E-state index is -0.443. The Labute approximate surface area is 79.6 Å². The Bertz CT molecular complexity index is 385. The molecule has 76 valence electrons. The molecule has 0 aliphatic carbocycles. The second-order valence-electron chi connectivity index (χ2n) is 2.61. The van der Waals surface area contributed by atoms with E-state index < -0.39 is 11.5 Å². The molecule has 0 aliphatic heterocycles. The van der Waals surface area contributed by atoms with E-state index in [4.69, 9.17) is 0 Å². The monoisotopic (exact) mass is 198 g/mol. The number of carbonyl (C=O) groups excluding carboxylic acids is 1. The fraction of sp³-hybridized carbons (Fsp3) is 0.375. The van der Waals surface area contributed by atoms with E-state index in [2.05, 4.69) is 14.7 Å². The van der Waals surface area contributed by atoms with Gasteiger partial charge in [-0.1, -0.05) is 0 Å². The van der Waals surface area contributed by atoms with Crippen LogP contribution in [0.25, 0.3) is 0 Å². The van der Waals surface area contributed by atoms with Crippen molar-refractivity contribution in [3.63, 3.8) is 0 Å². The molecule has 6 heteroatoms. The van der Waals surface area contributed by atoms with E-state index in [0.717, 1.165) is 6.33 Å². The SMILES string of the molecule is COC(=O)CCc1c(O)nc[nH]c1=O. The van der Waals surface area contributed by atoms with Crippen molar-refractivity contribution in [2.45, 2.75) is 12.8 Å². The second kappa shape index (κ2) is 4.40. The van der Waals surface area contributed by atoms with Crippen LogP contribution in [0, 0.1) is 0 Å². The number of nitrogens with one attached hydrogen (secondary N) is 1. The molecule has 0 aromatic carbocycles. The molecule has 0 fully saturated rings. The third-order valence-corrected chi connectivity index (χ3v) is 1.73. The van der Waals surface area contributed by atoms with Crippen LogP contribution < -0.4 is 5.56 Å². The van der Waals surface area contributed by atoms with Gasteiger partial charge in [-0.3, -0.25) is 9.59 Å². The Kier molecular flexibility index (Phi) is 3.22. The smallest absolute Gasteiger partial charge is 0.305 e. The minimum Gasteiger partial charge on any atom is -0.493 e. The average Bonchev–Trinajstić information content (AvgIpc) is 2.16. The Morgan fingerprint density at radius 1 is 1.71 bits per heavy atom. The van der Waals surface area contributed by atoms with Gasteiger partial charge in [0.05, 0.1) is 19.0 Å². The lowest BCUT2D eigenvalue weighted by Gasteiger charge is -2.00. The maximum atomic E-state index is 11.1. The molecule has 0 atom stereocenters. The van der Waals surface area contributed by atoms with Crippen LogP contribution in [0.15, 0.2) is 11.1 Å². The predicted octanol–water partition coefficient (Wildman–Crippen LogP) is -0.419. The summed E-state index contributed by atoms with van der Waals surface area (Å²) in [5.41, 5.74) is -0.348. The summed E-state index contributed by atoms with van der Waals surface area (Å²) in [5.74, 6) is -0.787. The Balaban J connectivity index is 2.76. The van der Waals surface area contributed by atoms with Crippen molar-refractivity contribution in [2.75, 3.05) is 7.11 Å². The van der Waals surface area contributed by atoms with Gasteiger partial charge in [0.2, 0.25) is 5.88 Å². The summed E-state index contributed by atoms with van der Waals surface area (Å²) in [6.45, 7) is 0. The number of esters is 1. The topological polar surface area (TPSA) is 92.3 Å². The molecule has 0 radical (unpaired) electrons. The second-order valence-corrected chi connectivity index (χ2v) is 2.61. The first-order valence-electron chi connectivity index (χ1n) is 3.97. The highest BCUT2D eigenvalue weighted by molar-refractivity contribution is 5.69. The maximum Gasteiger partial charge on any atom is 0.305 e. The highest BCUT2D eigenvalue weighted by Crippen LogP contribution is 2.08. The summed E-state index contributed by atoms with van der Waals surface area (Å²) in [5, 5.41) is 9.19. The molecule has 14 heavy (non-hydrogen) atoms. The van der Waals surface area contributed by atoms with E-state index >= 15 is 0 Å². The van der Waals surface area contributed by atoms with E-state index in [1.165, 1.54) is 7.11 Å². The van der Waals surface area contributed by atoms with Crippen LogP contribution in [0.3, 0.4) is 0 Å². The van der Waals surface area contributed by atoms with E-state index in [1.54, 1.807) is 0 Å². The number of nitrogens with zero attached hydrogens (tertiary/aromatic N) is 1. The molecule has 1 aromatic rings. The van der Waals surface area contributed by atoms with Crippen LogP contribution in [0.2, 0.25) is 0 Å². The van der Waals surface area contributed by atoms with Crippen molar-refractivity contribution in [1.29, 1.82) is 0 Å². The van der Waals surface area contributed by atoms with E-state index in [9.17, 15) is 14.7 Å². The lowest BCUT2D eigenvalue weighted by molar-refractivity contribution is -0.140. The number of aromatic nitrogens is 2. The van der Waals surface area contributed by atoms with Crippen molar-refractivity contribution >= 4 is 5.97 Å². The number of aromatic amines is 1. The molecule has 0 saturated heterocycles. The highest BCUT2D eigenvalue weighted by atomic mass is 16.5. The maximum absolute atomic E-state index is 11.1. The summed E-state index contributed by atoms with van der Waals surface area (Å²) in [6, 6.07) is 0. The van der Waals surface area contributed by atoms with Gasteiger partial charge >= 0.3 is 5.97 Å². The molecule has 0 saturated carbocycles. The molecule has 1 heterocycles. The number of aromatic hydroxyl groups is 1. The predicted molar refractivity (Wildman–Crippen MR) is 46.9 cm³/mol. The number of methoxy groups -OCH3 is 1. The zero-order valence-electron chi connectivity index (χ0n) is 7.61. The molecule has 0 spiro atoms. The molecule has 0 bridgehead atoms. The van der Waals surface area contributed by atoms with E-state index in [-0.39, 0.29) is 24.3 Å². The number of H-pyrrole nitrogens is 1. The molecular weight excluding hydrogens is 188 g/mol. The number of rotatable bonds is 3. The number of carbonyl (C=O) groups is 1. The van der Waals surface area contributed by atoms with Gasteiger partial charge < -0.3 is 14.8 Å². The molecule has 2 N–H and O–H groups in total. The number of hydrogen-bond donors (Lipinski definition) is 2. The summed E-state index contributed by atoms with van der Waals surface area (Å²) in [4.78, 5) is 27.7. The van der Waals surface area contributed by atoms with Gasteiger partial charge in [0, 0.05) is 6.42 Å². The molecule has 0 amide bonds. The van der Waals surface area contributed by atoms with Gasteiger partial charge in [-0.15, -0.1) is 0 Å². The van der Waals surface area contributed by atoms with Crippen molar-refractivity contribution in [3.05, 3.63) is 22.2 Å². The largest absolute Gasteiger partial charge is 0.493 e. The molecular formula is C8H10N2O4. The minimum absolute atomic E-state index is 0.0405. The zero-order valence-corrected chi connectivity index (χ0v) is 7.61. The normalized spacial score (nSPS) is 9.79. The van der Waals surface area contributed by atoms with Gasteiger partial charge in [-0.05, 0) is 6.42 Å². The van der Waals surface area contributed by atoms with Crippen molar-refractivity contribution in [1.82, 2.24) is 9.97 Å². The van der Waals surface area contributed by atoms with Crippen LogP contribution >= 0.6 is 0 Å². The third-order valence-electron chi connectivity index (χ3n) is 1.73. The van der Waals surface area contributed by atoms with Crippen LogP contribution in [-0.2, 0) is 16.0 Å². The van der Waals surface area contributed by atoms with E-state index in [0.29, 0.717) is 0 Å². The van der Waals surface area contributed by atoms with E-state index in [1.807, 2.05) is 0 Å². The van der Waals surface area contributed by atoms with Crippen molar-refractivity contribution < 1.29 is 14.6 Å². The first-order chi connectivity index (χ1) is 6.65. The van der Waals surface area contributed by atoms with Crippen LogP contribution in [-0.4, -0.2) is 28.2 Å². The summed E-state index contributed by atoms with van der Waals surface area (Å²) in [7, 11) is 1.26. The highest BCUT2D eigenvalue weighted by Gasteiger charge is 2.09. The molecule has 6 nitrogen and oxygen atoms in total. The summed E-state index contributed by atoms with van der Waals surface area (Å²) in [6.07, 6.45) is 1.25. The number of ether oxygens (including phenoxy) is 1. The van der Waals surface area contributed by atoms with Crippen LogP contribution in [0.5, 0.6) is 5.88 Å². The van der Waals surface area contributed by atoms with Crippen LogP contribution in [0.1, 0.15) is 12.0 Å². The Morgan fingerprint density at radius 3 is 3.00 bits per heavy atom. The summed E-state index contributed by atoms with van der Waals surface area (Å²) >= 11 is 0. The molecule has 1 aromatic heterocycles. The quantitative estimate of drug-likeness (QED) is 0.643. The fourth-order valence-electron chi connectivity index (χ4n) is 0.973. The third kappa shape index (κ3) is 2.32. The van der Waals surface area contributed by atoms with Crippen molar-refractivity contribution in [3.8, 4) is 5.88 Å². The summed E-state index contributed by atoms with van der Waals surface area (Å²) < 4.78 is 4.40. The standard InChI is InChI=1S/C8H10N2O4/c1-14-6(11)3-2-5-7(12)9-4-10-8(5)13/h4H,2-3H2,1H3,(H2,9,10,12,13). The van der Waals surface area contributed by atoms with Gasteiger partial charge in [-0.2, -0.15) is 0 Å². The Morgan fingerprint density at radius 2 is 2.43 bits per heavy atom. The molecule has 0 unspecified atom stereocenters. The molecule has 0 aliphatic rings. The van der Waals surface area contributed by atoms with Gasteiger partial charge in [-0.25, -0.2) is 4.98 Å². The fourth-order valence-corrected chi connectivity index (χ4v) is 0.973. The zero-order chi connectivity index (χ0) is 10.6. The average molecular weight is 198 g/mol. The Hall–Kier alpha value is -1.85. The lowest BCUT2D eigenvalue weighted by atomic mass is 10.2. The number of hydrogen-bond acceptors (Lipinski definition) is 5. The first-order valence-corrected chi connectivity index (χ1v) is 3.97. The molecule has 1 rings (SSSR count). The first kappa shape index (κ1) is 10.2. The van der Waals surface area contributed by atoms with Crippen LogP contribution in [0.4, 0.5) is 0 Å². The van der Waals surface area contributed by atoms with Gasteiger partial charge in [0.25, 0.3) is 5.56 Å². The lowest BCUT2D eigenvalue weighted by Crippen LogP contribution is -2.14. The van der Waals surface area contributed by atoms with Gasteiger partial charge in [0.1, 0.15) is 0 Å².